The Morgan fingerprint density at radius 3 is 2.53 bits per heavy atom. The van der Waals surface area contributed by atoms with E-state index in [0.717, 1.165) is 25.5 Å². The number of benzene rings is 1. The molecule has 0 saturated carbocycles. The Morgan fingerprint density at radius 1 is 1.24 bits per heavy atom. The molecule has 17 heavy (non-hydrogen) atoms. The van der Waals surface area contributed by atoms with Gasteiger partial charge >= 0.3 is 0 Å². The molecule has 1 nitrogen and oxygen atoms in total. The summed E-state index contributed by atoms with van der Waals surface area (Å²) in [4.78, 5) is 0. The van der Waals surface area contributed by atoms with Crippen molar-refractivity contribution < 1.29 is 8.78 Å². The minimum Gasteiger partial charge on any atom is -0.310 e. The van der Waals surface area contributed by atoms with E-state index in [1.807, 2.05) is 6.92 Å². The number of halogens is 2. The van der Waals surface area contributed by atoms with Gasteiger partial charge in [-0.25, -0.2) is 8.78 Å². The van der Waals surface area contributed by atoms with Crippen molar-refractivity contribution in [2.24, 2.45) is 5.92 Å². The molecule has 0 aliphatic heterocycles. The zero-order valence-electron chi connectivity index (χ0n) is 10.8. The quantitative estimate of drug-likeness (QED) is 0.792. The van der Waals surface area contributed by atoms with Crippen LogP contribution in [0.2, 0.25) is 0 Å². The molecule has 0 heterocycles. The van der Waals surface area contributed by atoms with E-state index in [2.05, 4.69) is 19.2 Å². The lowest BCUT2D eigenvalue weighted by Gasteiger charge is -2.22. The highest BCUT2D eigenvalue weighted by atomic mass is 19.1. The van der Waals surface area contributed by atoms with Crippen LogP contribution in [0.25, 0.3) is 0 Å². The lowest BCUT2D eigenvalue weighted by Crippen LogP contribution is -2.24. The maximum Gasteiger partial charge on any atom is 0.128 e. The maximum absolute atomic E-state index is 13.7. The lowest BCUT2D eigenvalue weighted by atomic mass is 9.94. The average Bonchev–Trinajstić information content (AvgIpc) is 2.31. The Morgan fingerprint density at radius 2 is 1.94 bits per heavy atom. The minimum absolute atomic E-state index is 0.106. The van der Waals surface area contributed by atoms with Crippen LogP contribution >= 0.6 is 0 Å². The summed E-state index contributed by atoms with van der Waals surface area (Å²) in [5.41, 5.74) is 0.437. The third kappa shape index (κ3) is 4.08. The highest BCUT2D eigenvalue weighted by molar-refractivity contribution is 5.22. The van der Waals surface area contributed by atoms with Gasteiger partial charge in [-0.1, -0.05) is 27.2 Å². The van der Waals surface area contributed by atoms with E-state index in [1.54, 1.807) is 0 Å². The van der Waals surface area contributed by atoms with Crippen molar-refractivity contribution in [2.45, 2.75) is 39.7 Å². The van der Waals surface area contributed by atoms with E-state index in [1.165, 1.54) is 12.1 Å². The molecule has 1 N–H and O–H groups in total. The molecule has 0 aliphatic rings. The van der Waals surface area contributed by atoms with E-state index in [9.17, 15) is 8.78 Å². The molecule has 2 unspecified atom stereocenters. The van der Waals surface area contributed by atoms with Crippen LogP contribution in [0.1, 0.15) is 45.2 Å². The fourth-order valence-corrected chi connectivity index (χ4v) is 1.92. The van der Waals surface area contributed by atoms with Crippen molar-refractivity contribution in [2.75, 3.05) is 6.54 Å². The minimum atomic E-state index is -0.381. The van der Waals surface area contributed by atoms with E-state index in [-0.39, 0.29) is 17.7 Å². The monoisotopic (exact) mass is 241 g/mol. The van der Waals surface area contributed by atoms with E-state index in [0.29, 0.717) is 11.5 Å². The maximum atomic E-state index is 13.7. The van der Waals surface area contributed by atoms with Crippen LogP contribution < -0.4 is 5.32 Å². The summed E-state index contributed by atoms with van der Waals surface area (Å²) in [6, 6.07) is 3.55. The van der Waals surface area contributed by atoms with E-state index in [4.69, 9.17) is 0 Å². The van der Waals surface area contributed by atoms with Gasteiger partial charge in [0, 0.05) is 11.6 Å². The van der Waals surface area contributed by atoms with Gasteiger partial charge in [0.1, 0.15) is 11.6 Å². The summed E-state index contributed by atoms with van der Waals surface area (Å²) in [5.74, 6) is -0.226. The largest absolute Gasteiger partial charge is 0.310 e. The smallest absolute Gasteiger partial charge is 0.128 e. The summed E-state index contributed by atoms with van der Waals surface area (Å²) < 4.78 is 26.9. The van der Waals surface area contributed by atoms with Crippen LogP contribution in [-0.2, 0) is 0 Å². The molecule has 0 aliphatic carbocycles. The van der Waals surface area contributed by atoms with Crippen molar-refractivity contribution in [3.63, 3.8) is 0 Å². The summed E-state index contributed by atoms with van der Waals surface area (Å²) in [6.45, 7) is 6.95. The molecule has 0 amide bonds. The van der Waals surface area contributed by atoms with E-state index < -0.39 is 0 Å². The Labute approximate surface area is 102 Å². The Balaban J connectivity index is 2.91. The lowest BCUT2D eigenvalue weighted by molar-refractivity contribution is 0.396. The normalized spacial score (nSPS) is 14.6. The second-order valence-electron chi connectivity index (χ2n) is 4.53. The summed E-state index contributed by atoms with van der Waals surface area (Å²) in [7, 11) is 0. The highest BCUT2D eigenvalue weighted by Gasteiger charge is 2.17. The summed E-state index contributed by atoms with van der Waals surface area (Å²) >= 11 is 0. The van der Waals surface area contributed by atoms with Gasteiger partial charge in [-0.3, -0.25) is 0 Å². The van der Waals surface area contributed by atoms with Gasteiger partial charge in [0.25, 0.3) is 0 Å². The molecule has 96 valence electrons. The van der Waals surface area contributed by atoms with Crippen LogP contribution in [0.4, 0.5) is 8.78 Å². The first-order valence-electron chi connectivity index (χ1n) is 6.26. The van der Waals surface area contributed by atoms with Crippen LogP contribution in [0, 0.1) is 17.6 Å². The predicted octanol–water partition coefficient (Wildman–Crippen LogP) is 4.05. The van der Waals surface area contributed by atoms with Crippen LogP contribution in [-0.4, -0.2) is 6.54 Å². The van der Waals surface area contributed by atoms with Gasteiger partial charge < -0.3 is 5.32 Å². The number of rotatable bonds is 6. The van der Waals surface area contributed by atoms with Crippen LogP contribution in [0.3, 0.4) is 0 Å². The molecule has 1 rings (SSSR count). The Hall–Kier alpha value is -0.960. The Bertz CT molecular complexity index is 352. The first-order valence-corrected chi connectivity index (χ1v) is 6.26. The molecular weight excluding hydrogens is 220 g/mol. The first kappa shape index (κ1) is 14.1. The van der Waals surface area contributed by atoms with Gasteiger partial charge in [0.05, 0.1) is 0 Å². The standard InChI is InChI=1S/C14H21F2N/c1-4-10(3)8-14(17-5-2)12-9-11(15)6-7-13(12)16/h6-7,9-10,14,17H,4-5,8H2,1-3H3. The van der Waals surface area contributed by atoms with Crippen LogP contribution in [0.5, 0.6) is 0 Å². The molecular formula is C14H21F2N. The van der Waals surface area contributed by atoms with Crippen molar-refractivity contribution in [1.82, 2.24) is 5.32 Å². The molecule has 0 bridgehead atoms. The van der Waals surface area contributed by atoms with Gasteiger partial charge in [-0.05, 0) is 37.1 Å². The van der Waals surface area contributed by atoms with Crippen LogP contribution in [0.15, 0.2) is 18.2 Å². The third-order valence-electron chi connectivity index (χ3n) is 3.12. The predicted molar refractivity (Wildman–Crippen MR) is 66.8 cm³/mol. The zero-order valence-corrected chi connectivity index (χ0v) is 10.8. The third-order valence-corrected chi connectivity index (χ3v) is 3.12. The molecule has 1 aromatic carbocycles. The topological polar surface area (TPSA) is 12.0 Å². The first-order chi connectivity index (χ1) is 8.08. The van der Waals surface area contributed by atoms with Gasteiger partial charge in [-0.15, -0.1) is 0 Å². The van der Waals surface area contributed by atoms with Crippen molar-refractivity contribution in [1.29, 1.82) is 0 Å². The SMILES string of the molecule is CCNC(CC(C)CC)c1cc(F)ccc1F. The van der Waals surface area contributed by atoms with Crippen molar-refractivity contribution in [3.8, 4) is 0 Å². The molecule has 2 atom stereocenters. The molecule has 0 saturated heterocycles. The highest BCUT2D eigenvalue weighted by Crippen LogP contribution is 2.25. The molecule has 0 spiro atoms. The summed E-state index contributed by atoms with van der Waals surface area (Å²) in [6.07, 6.45) is 1.86. The second-order valence-corrected chi connectivity index (χ2v) is 4.53. The van der Waals surface area contributed by atoms with Gasteiger partial charge in [0.2, 0.25) is 0 Å². The molecule has 1 aromatic rings. The molecule has 0 fully saturated rings. The molecule has 0 aromatic heterocycles. The van der Waals surface area contributed by atoms with Crippen molar-refractivity contribution >= 4 is 0 Å². The van der Waals surface area contributed by atoms with E-state index >= 15 is 0 Å². The second kappa shape index (κ2) is 6.70. The average molecular weight is 241 g/mol. The fraction of sp³-hybridized carbons (Fsp3) is 0.571. The van der Waals surface area contributed by atoms with Gasteiger partial charge in [-0.2, -0.15) is 0 Å². The molecule has 3 heteroatoms. The Kier molecular flexibility index (Phi) is 5.56. The van der Waals surface area contributed by atoms with Crippen molar-refractivity contribution in [3.05, 3.63) is 35.4 Å². The number of nitrogens with one attached hydrogen (secondary N) is 1. The zero-order chi connectivity index (χ0) is 12.8. The fourth-order valence-electron chi connectivity index (χ4n) is 1.92. The number of hydrogen-bond acceptors (Lipinski definition) is 1. The van der Waals surface area contributed by atoms with Gasteiger partial charge in [0.15, 0.2) is 0 Å². The number of hydrogen-bond donors (Lipinski definition) is 1. The summed E-state index contributed by atoms with van der Waals surface area (Å²) in [5, 5.41) is 3.23. The molecule has 0 radical (unpaired) electrons.